The summed E-state index contributed by atoms with van der Waals surface area (Å²) in [6.07, 6.45) is 10.5. The van der Waals surface area contributed by atoms with Gasteiger partial charge in [0.1, 0.15) is 6.10 Å². The third-order valence-electron chi connectivity index (χ3n) is 2.95. The van der Waals surface area contributed by atoms with E-state index < -0.39 is 22.1 Å². The molecule has 6 nitrogen and oxygen atoms in total. The van der Waals surface area contributed by atoms with E-state index in [0.717, 1.165) is 12.8 Å². The zero-order chi connectivity index (χ0) is 17.4. The average molecular weight is 362 g/mol. The SMILES string of the molecule is CCCCCCCCC[CH]C(O)C(N)=O.CCCS(=O)(=O)O.[NaH]. The van der Waals surface area contributed by atoms with Crippen LogP contribution in [0.4, 0.5) is 0 Å². The zero-order valence-electron chi connectivity index (χ0n) is 13.8. The summed E-state index contributed by atoms with van der Waals surface area (Å²) in [5, 5.41) is 9.07. The van der Waals surface area contributed by atoms with Crippen LogP contribution in [-0.4, -0.2) is 65.4 Å². The minimum absolute atomic E-state index is 0. The Balaban J connectivity index is -0.000000425. The van der Waals surface area contributed by atoms with Gasteiger partial charge in [-0.3, -0.25) is 9.35 Å². The van der Waals surface area contributed by atoms with Gasteiger partial charge >= 0.3 is 29.6 Å². The van der Waals surface area contributed by atoms with E-state index in [1.165, 1.54) is 38.5 Å². The molecule has 0 saturated carbocycles. The van der Waals surface area contributed by atoms with Gasteiger partial charge in [-0.2, -0.15) is 8.42 Å². The van der Waals surface area contributed by atoms with Crippen LogP contribution in [0.15, 0.2) is 0 Å². The number of carbonyl (C=O) groups excluding carboxylic acids is 1. The summed E-state index contributed by atoms with van der Waals surface area (Å²) in [4.78, 5) is 10.5. The van der Waals surface area contributed by atoms with Gasteiger partial charge in [0.15, 0.2) is 0 Å². The van der Waals surface area contributed by atoms with Gasteiger partial charge in [0.2, 0.25) is 5.91 Å². The van der Waals surface area contributed by atoms with E-state index in [2.05, 4.69) is 6.92 Å². The second-order valence-corrected chi connectivity index (χ2v) is 6.85. The molecule has 0 rings (SSSR count). The summed E-state index contributed by atoms with van der Waals surface area (Å²) in [7, 11) is -3.67. The van der Waals surface area contributed by atoms with E-state index in [1.54, 1.807) is 13.3 Å². The number of unbranched alkanes of at least 4 members (excludes halogenated alkanes) is 7. The predicted molar refractivity (Wildman–Crippen MR) is 96.0 cm³/mol. The van der Waals surface area contributed by atoms with E-state index in [4.69, 9.17) is 15.4 Å². The molecule has 1 atom stereocenters. The van der Waals surface area contributed by atoms with Gasteiger partial charge in [0.25, 0.3) is 10.1 Å². The summed E-state index contributed by atoms with van der Waals surface area (Å²) >= 11 is 0. The second kappa shape index (κ2) is 18.7. The van der Waals surface area contributed by atoms with Crippen molar-refractivity contribution in [3.05, 3.63) is 6.42 Å². The van der Waals surface area contributed by atoms with Crippen LogP contribution in [0.3, 0.4) is 0 Å². The topological polar surface area (TPSA) is 118 Å². The third-order valence-corrected chi connectivity index (χ3v) is 3.88. The first kappa shape index (κ1) is 28.2. The fraction of sp³-hybridized carbons (Fsp3) is 0.867. The summed E-state index contributed by atoms with van der Waals surface area (Å²) < 4.78 is 27.6. The Morgan fingerprint density at radius 1 is 1.04 bits per heavy atom. The molecule has 135 valence electrons. The zero-order valence-corrected chi connectivity index (χ0v) is 14.6. The van der Waals surface area contributed by atoms with Crippen molar-refractivity contribution < 1.29 is 22.9 Å². The number of hydrogen-bond acceptors (Lipinski definition) is 4. The summed E-state index contributed by atoms with van der Waals surface area (Å²) in [5.74, 6) is -0.787. The first-order valence-electron chi connectivity index (χ1n) is 8.00. The molecule has 0 spiro atoms. The van der Waals surface area contributed by atoms with Crippen molar-refractivity contribution in [3.8, 4) is 0 Å². The quantitative estimate of drug-likeness (QED) is 0.278. The van der Waals surface area contributed by atoms with Gasteiger partial charge in [-0.05, 0) is 19.3 Å². The molecule has 0 aromatic carbocycles. The third kappa shape index (κ3) is 27.5. The van der Waals surface area contributed by atoms with E-state index in [0.29, 0.717) is 6.42 Å². The Hall–Kier alpha value is 0.340. The number of amides is 1. The van der Waals surface area contributed by atoms with Crippen LogP contribution in [-0.2, 0) is 14.9 Å². The van der Waals surface area contributed by atoms with E-state index in [9.17, 15) is 13.2 Å². The monoisotopic (exact) mass is 362 g/mol. The molecule has 0 bridgehead atoms. The molecule has 0 saturated heterocycles. The molecule has 0 aromatic heterocycles. The van der Waals surface area contributed by atoms with Crippen molar-refractivity contribution >= 4 is 45.6 Å². The first-order chi connectivity index (χ1) is 10.2. The standard InChI is InChI=1S/C12H24NO2.C3H8O3S.Na.H/c1-2-3-4-5-6-7-8-9-10-11(14)12(13)15;1-2-3-7(4,5)6;;/h10-11,14H,2-9H2,1H3,(H2,13,15);2-3H2,1H3,(H,4,5,6);;. The maximum absolute atomic E-state index is 10.5. The molecule has 4 N–H and O–H groups in total. The van der Waals surface area contributed by atoms with Crippen LogP contribution in [0.5, 0.6) is 0 Å². The molecule has 1 unspecified atom stereocenters. The molecular weight excluding hydrogens is 329 g/mol. The number of hydrogen-bond donors (Lipinski definition) is 3. The number of rotatable bonds is 12. The van der Waals surface area contributed by atoms with Gasteiger partial charge in [-0.15, -0.1) is 0 Å². The molecule has 8 heteroatoms. The van der Waals surface area contributed by atoms with Gasteiger partial charge in [0, 0.05) is 0 Å². The second-order valence-electron chi connectivity index (χ2n) is 5.28. The number of nitrogens with two attached hydrogens (primary N) is 1. The van der Waals surface area contributed by atoms with Crippen LogP contribution >= 0.6 is 0 Å². The normalized spacial score (nSPS) is 11.8. The van der Waals surface area contributed by atoms with Gasteiger partial charge in [-0.25, -0.2) is 0 Å². The molecule has 23 heavy (non-hydrogen) atoms. The maximum atomic E-state index is 10.5. The van der Waals surface area contributed by atoms with Crippen molar-refractivity contribution in [3.63, 3.8) is 0 Å². The molecule has 1 amide bonds. The Kier molecular flexibility index (Phi) is 22.9. The Morgan fingerprint density at radius 3 is 1.87 bits per heavy atom. The molecule has 0 fully saturated rings. The number of aliphatic hydroxyl groups is 1. The fourth-order valence-corrected chi connectivity index (χ4v) is 2.27. The molecule has 0 heterocycles. The van der Waals surface area contributed by atoms with Crippen molar-refractivity contribution in [1.29, 1.82) is 0 Å². The van der Waals surface area contributed by atoms with Crippen LogP contribution in [0.1, 0.15) is 71.6 Å². The molecule has 1 radical (unpaired) electrons. The molecule has 0 aliphatic heterocycles. The molecule has 0 aliphatic rings. The predicted octanol–water partition coefficient (Wildman–Crippen LogP) is 1.81. The van der Waals surface area contributed by atoms with Crippen molar-refractivity contribution in [2.24, 2.45) is 5.73 Å². The Morgan fingerprint density at radius 2 is 1.52 bits per heavy atom. The van der Waals surface area contributed by atoms with E-state index in [1.807, 2.05) is 0 Å². The summed E-state index contributed by atoms with van der Waals surface area (Å²) in [6.45, 7) is 3.90. The van der Waals surface area contributed by atoms with Crippen molar-refractivity contribution in [1.82, 2.24) is 0 Å². The van der Waals surface area contributed by atoms with Crippen molar-refractivity contribution in [2.45, 2.75) is 77.7 Å². The molecule has 0 aromatic rings. The number of primary amides is 1. The van der Waals surface area contributed by atoms with Crippen LogP contribution in [0.25, 0.3) is 0 Å². The van der Waals surface area contributed by atoms with Gasteiger partial charge < -0.3 is 10.8 Å². The van der Waals surface area contributed by atoms with Crippen molar-refractivity contribution in [2.75, 3.05) is 5.75 Å². The summed E-state index contributed by atoms with van der Waals surface area (Å²) in [6, 6.07) is 0. The number of carbonyl (C=O) groups is 1. The number of aliphatic hydroxyl groups excluding tert-OH is 1. The fourth-order valence-electron chi connectivity index (χ4n) is 1.75. The Labute approximate surface area is 163 Å². The van der Waals surface area contributed by atoms with Gasteiger partial charge in [0.05, 0.1) is 5.75 Å². The minimum atomic E-state index is -3.67. The summed E-state index contributed by atoms with van der Waals surface area (Å²) in [5.41, 5.74) is 4.91. The van der Waals surface area contributed by atoms with E-state index >= 15 is 0 Å². The Bertz CT molecular complexity index is 363. The average Bonchev–Trinajstić information content (AvgIpc) is 2.40. The van der Waals surface area contributed by atoms with E-state index in [-0.39, 0.29) is 35.3 Å². The molecular formula is C15H33NNaO5S. The van der Waals surface area contributed by atoms with Crippen LogP contribution in [0, 0.1) is 6.42 Å². The van der Waals surface area contributed by atoms with Gasteiger partial charge in [-0.1, -0.05) is 58.8 Å². The van der Waals surface area contributed by atoms with Crippen LogP contribution in [0.2, 0.25) is 0 Å². The molecule has 0 aliphatic carbocycles. The van der Waals surface area contributed by atoms with Crippen LogP contribution < -0.4 is 5.73 Å². The first-order valence-corrected chi connectivity index (χ1v) is 9.61.